The molecule has 0 unspecified atom stereocenters. The lowest BCUT2D eigenvalue weighted by atomic mass is 9.84. The van der Waals surface area contributed by atoms with Gasteiger partial charge in [-0.3, -0.25) is 9.69 Å². The smallest absolute Gasteiger partial charge is 0.225 e. The largest absolute Gasteiger partial charge is 0.340 e. The molecular formula is C12H19IN2O. The first-order valence-corrected chi connectivity index (χ1v) is 7.26. The molecule has 4 heteroatoms. The molecule has 2 fully saturated rings. The van der Waals surface area contributed by atoms with E-state index >= 15 is 0 Å². The molecule has 1 aliphatic carbocycles. The van der Waals surface area contributed by atoms with E-state index in [2.05, 4.69) is 34.1 Å². The summed E-state index contributed by atoms with van der Waals surface area (Å²) >= 11 is 2.39. The van der Waals surface area contributed by atoms with Crippen LogP contribution in [0.25, 0.3) is 0 Å². The number of amides is 1. The van der Waals surface area contributed by atoms with E-state index in [0.717, 1.165) is 39.0 Å². The van der Waals surface area contributed by atoms with Crippen LogP contribution in [0.4, 0.5) is 0 Å². The number of hydrogen-bond acceptors (Lipinski definition) is 2. The number of halogens is 1. The summed E-state index contributed by atoms with van der Waals surface area (Å²) in [5.41, 5.74) is 0. The Morgan fingerprint density at radius 1 is 1.31 bits per heavy atom. The Labute approximate surface area is 111 Å². The summed E-state index contributed by atoms with van der Waals surface area (Å²) < 4.78 is 0.401. The van der Waals surface area contributed by atoms with Gasteiger partial charge < -0.3 is 4.90 Å². The molecule has 1 aliphatic heterocycles. The highest BCUT2D eigenvalue weighted by molar-refractivity contribution is 14.1. The third kappa shape index (κ3) is 2.59. The minimum Gasteiger partial charge on any atom is -0.340 e. The average Bonchev–Trinajstić information content (AvgIpc) is 2.26. The van der Waals surface area contributed by atoms with Crippen LogP contribution in [0.3, 0.4) is 0 Å². The van der Waals surface area contributed by atoms with Crippen LogP contribution in [-0.2, 0) is 4.79 Å². The maximum atomic E-state index is 12.0. The van der Waals surface area contributed by atoms with Gasteiger partial charge in [0.15, 0.2) is 0 Å². The van der Waals surface area contributed by atoms with Gasteiger partial charge in [0.2, 0.25) is 5.91 Å². The summed E-state index contributed by atoms with van der Waals surface area (Å²) in [6, 6.07) is 0. The number of carbonyl (C=O) groups is 1. The van der Waals surface area contributed by atoms with Crippen LogP contribution >= 0.6 is 22.6 Å². The molecule has 0 spiro atoms. The van der Waals surface area contributed by atoms with E-state index in [0.29, 0.717) is 15.9 Å². The van der Waals surface area contributed by atoms with E-state index in [9.17, 15) is 4.79 Å². The Bertz CT molecular complexity index is 270. The Morgan fingerprint density at radius 3 is 2.38 bits per heavy atom. The average molecular weight is 334 g/mol. The standard InChI is InChI=1S/C12H19IN2O/c1-2-11(13)14-6-8-15(9-7-14)12(16)10-4-3-5-10/h2,10-11H,1,3-9H2/t11-/m0/s1. The topological polar surface area (TPSA) is 23.6 Å². The summed E-state index contributed by atoms with van der Waals surface area (Å²) in [5, 5.41) is 0. The lowest BCUT2D eigenvalue weighted by molar-refractivity contribution is -0.139. The fourth-order valence-electron chi connectivity index (χ4n) is 2.25. The highest BCUT2D eigenvalue weighted by Crippen LogP contribution is 2.28. The highest BCUT2D eigenvalue weighted by atomic mass is 127. The van der Waals surface area contributed by atoms with Crippen LogP contribution in [0.1, 0.15) is 19.3 Å². The summed E-state index contributed by atoms with van der Waals surface area (Å²) in [6.07, 6.45) is 5.42. The number of hydrogen-bond donors (Lipinski definition) is 0. The zero-order valence-electron chi connectivity index (χ0n) is 9.57. The SMILES string of the molecule is C=C[C@@H](I)N1CCN(C(=O)C2CCC2)CC1. The molecule has 0 N–H and O–H groups in total. The van der Waals surface area contributed by atoms with Crippen molar-refractivity contribution in [3.05, 3.63) is 12.7 Å². The summed E-state index contributed by atoms with van der Waals surface area (Å²) in [6.45, 7) is 7.56. The molecule has 1 heterocycles. The molecule has 0 aromatic heterocycles. The molecule has 1 saturated carbocycles. The monoisotopic (exact) mass is 334 g/mol. The maximum Gasteiger partial charge on any atom is 0.225 e. The summed E-state index contributed by atoms with van der Waals surface area (Å²) in [4.78, 5) is 16.4. The van der Waals surface area contributed by atoms with E-state index in [1.54, 1.807) is 0 Å². The van der Waals surface area contributed by atoms with Crippen LogP contribution in [-0.4, -0.2) is 45.9 Å². The maximum absolute atomic E-state index is 12.0. The van der Waals surface area contributed by atoms with Crippen LogP contribution in [0.5, 0.6) is 0 Å². The first-order chi connectivity index (χ1) is 7.72. The van der Waals surface area contributed by atoms with Gasteiger partial charge >= 0.3 is 0 Å². The molecule has 16 heavy (non-hydrogen) atoms. The van der Waals surface area contributed by atoms with Crippen molar-refractivity contribution in [2.45, 2.75) is 23.3 Å². The summed E-state index contributed by atoms with van der Waals surface area (Å²) in [7, 11) is 0. The van der Waals surface area contributed by atoms with Gasteiger partial charge in [0.25, 0.3) is 0 Å². The number of nitrogens with zero attached hydrogens (tertiary/aromatic N) is 2. The van der Waals surface area contributed by atoms with Crippen molar-refractivity contribution in [1.29, 1.82) is 0 Å². The predicted octanol–water partition coefficient (Wildman–Crippen LogP) is 1.88. The lowest BCUT2D eigenvalue weighted by Crippen LogP contribution is -2.52. The van der Waals surface area contributed by atoms with Crippen molar-refractivity contribution in [1.82, 2.24) is 9.80 Å². The number of rotatable bonds is 3. The molecule has 0 bridgehead atoms. The van der Waals surface area contributed by atoms with Gasteiger partial charge in [-0.25, -0.2) is 0 Å². The summed E-state index contributed by atoms with van der Waals surface area (Å²) in [5.74, 6) is 0.746. The second kappa shape index (κ2) is 5.49. The third-order valence-corrected chi connectivity index (χ3v) is 4.92. The van der Waals surface area contributed by atoms with E-state index in [1.165, 1.54) is 6.42 Å². The van der Waals surface area contributed by atoms with Crippen molar-refractivity contribution in [3.8, 4) is 0 Å². The zero-order chi connectivity index (χ0) is 11.5. The van der Waals surface area contributed by atoms with Gasteiger partial charge in [-0.1, -0.05) is 35.1 Å². The number of carbonyl (C=O) groups excluding carboxylic acids is 1. The molecule has 1 saturated heterocycles. The van der Waals surface area contributed by atoms with Gasteiger partial charge in [0, 0.05) is 32.1 Å². The quantitative estimate of drug-likeness (QED) is 0.341. The number of alkyl halides is 1. The van der Waals surface area contributed by atoms with Gasteiger partial charge in [0.1, 0.15) is 0 Å². The molecule has 1 amide bonds. The van der Waals surface area contributed by atoms with Crippen LogP contribution < -0.4 is 0 Å². The van der Waals surface area contributed by atoms with E-state index in [-0.39, 0.29) is 0 Å². The molecule has 2 aliphatic rings. The Morgan fingerprint density at radius 2 is 1.94 bits per heavy atom. The minimum atomic E-state index is 0.348. The molecule has 0 aromatic rings. The van der Waals surface area contributed by atoms with E-state index in [1.807, 2.05) is 11.0 Å². The van der Waals surface area contributed by atoms with E-state index < -0.39 is 0 Å². The normalized spacial score (nSPS) is 24.9. The Hall–Kier alpha value is -0.100. The van der Waals surface area contributed by atoms with Crippen molar-refractivity contribution in [3.63, 3.8) is 0 Å². The number of piperazine rings is 1. The van der Waals surface area contributed by atoms with Crippen LogP contribution in [0.2, 0.25) is 0 Å². The van der Waals surface area contributed by atoms with Crippen molar-refractivity contribution >= 4 is 28.5 Å². The zero-order valence-corrected chi connectivity index (χ0v) is 11.7. The minimum absolute atomic E-state index is 0.348. The van der Waals surface area contributed by atoms with Crippen molar-refractivity contribution in [2.24, 2.45) is 5.92 Å². The van der Waals surface area contributed by atoms with Gasteiger partial charge in [-0.15, -0.1) is 6.58 Å². The molecular weight excluding hydrogens is 315 g/mol. The van der Waals surface area contributed by atoms with Crippen molar-refractivity contribution < 1.29 is 4.79 Å². The second-order valence-electron chi connectivity index (χ2n) is 4.60. The molecule has 3 nitrogen and oxygen atoms in total. The van der Waals surface area contributed by atoms with Crippen molar-refractivity contribution in [2.75, 3.05) is 26.2 Å². The Balaban J connectivity index is 1.80. The van der Waals surface area contributed by atoms with Gasteiger partial charge in [-0.2, -0.15) is 0 Å². The van der Waals surface area contributed by atoms with Gasteiger partial charge in [-0.05, 0) is 12.8 Å². The first kappa shape index (κ1) is 12.4. The van der Waals surface area contributed by atoms with Crippen LogP contribution in [0, 0.1) is 5.92 Å². The fraction of sp³-hybridized carbons (Fsp3) is 0.750. The highest BCUT2D eigenvalue weighted by Gasteiger charge is 2.31. The molecule has 0 aromatic carbocycles. The third-order valence-electron chi connectivity index (χ3n) is 3.62. The second-order valence-corrected chi connectivity index (χ2v) is 5.87. The Kier molecular flexibility index (Phi) is 4.24. The first-order valence-electron chi connectivity index (χ1n) is 6.02. The molecule has 2 rings (SSSR count). The lowest BCUT2D eigenvalue weighted by Gasteiger charge is -2.39. The molecule has 90 valence electrons. The predicted molar refractivity (Wildman–Crippen MR) is 73.5 cm³/mol. The fourth-order valence-corrected chi connectivity index (χ4v) is 2.81. The molecule has 0 radical (unpaired) electrons. The molecule has 1 atom stereocenters. The van der Waals surface area contributed by atoms with Crippen LogP contribution in [0.15, 0.2) is 12.7 Å². The van der Waals surface area contributed by atoms with E-state index in [4.69, 9.17) is 0 Å². The van der Waals surface area contributed by atoms with Gasteiger partial charge in [0.05, 0.1) is 4.05 Å².